The van der Waals surface area contributed by atoms with E-state index < -0.39 is 12.5 Å². The van der Waals surface area contributed by atoms with Crippen molar-refractivity contribution in [2.24, 2.45) is 0 Å². The average molecular weight is 363 g/mol. The molecule has 1 saturated carbocycles. The molecule has 0 atom stereocenters. The van der Waals surface area contributed by atoms with E-state index >= 15 is 0 Å². The Morgan fingerprint density at radius 3 is 2.62 bits per heavy atom. The Balaban J connectivity index is 1.83. The number of hydrogen-bond acceptors (Lipinski definition) is 3. The van der Waals surface area contributed by atoms with Crippen molar-refractivity contribution in [2.75, 3.05) is 5.32 Å². The molecule has 4 nitrogen and oxygen atoms in total. The molecule has 24 heavy (non-hydrogen) atoms. The number of aromatic nitrogens is 3. The third kappa shape index (κ3) is 3.80. The molecule has 0 spiro atoms. The van der Waals surface area contributed by atoms with Gasteiger partial charge < -0.3 is 5.32 Å². The van der Waals surface area contributed by atoms with Gasteiger partial charge >= 0.3 is 6.55 Å². The second kappa shape index (κ2) is 6.58. The van der Waals surface area contributed by atoms with Crippen LogP contribution in [0.15, 0.2) is 24.5 Å². The summed E-state index contributed by atoms with van der Waals surface area (Å²) in [5.74, 6) is -2.62. The first-order valence-electron chi connectivity index (χ1n) is 7.48. The van der Waals surface area contributed by atoms with Crippen LogP contribution in [0.25, 0.3) is 11.3 Å². The van der Waals surface area contributed by atoms with Crippen molar-refractivity contribution < 1.29 is 17.6 Å². The number of anilines is 1. The van der Waals surface area contributed by atoms with Gasteiger partial charge in [0.25, 0.3) is 0 Å². The third-order valence-corrected chi connectivity index (χ3v) is 4.24. The number of nitrogens with zero attached hydrogens (tertiary/aromatic N) is 3. The van der Waals surface area contributed by atoms with Gasteiger partial charge in [0.05, 0.1) is 5.69 Å². The first-order chi connectivity index (χ1) is 11.3. The van der Waals surface area contributed by atoms with Gasteiger partial charge in [-0.05, 0) is 25.0 Å². The Morgan fingerprint density at radius 2 is 2.00 bits per heavy atom. The minimum atomic E-state index is -2.74. The highest BCUT2D eigenvalue weighted by atomic mass is 35.5. The lowest BCUT2D eigenvalue weighted by atomic mass is 9.92. The van der Waals surface area contributed by atoms with E-state index in [4.69, 9.17) is 11.6 Å². The Bertz CT molecular complexity index is 709. The summed E-state index contributed by atoms with van der Waals surface area (Å²) in [6.45, 7) is -2.74. The van der Waals surface area contributed by atoms with E-state index in [1.807, 2.05) is 0 Å². The van der Waals surface area contributed by atoms with Gasteiger partial charge in [-0.1, -0.05) is 11.6 Å². The predicted octanol–water partition coefficient (Wildman–Crippen LogP) is 4.98. The molecule has 2 aromatic heterocycles. The molecule has 0 amide bonds. The van der Waals surface area contributed by atoms with Crippen LogP contribution in [-0.4, -0.2) is 26.7 Å². The van der Waals surface area contributed by atoms with Crippen molar-refractivity contribution in [1.29, 1.82) is 0 Å². The smallest absolute Gasteiger partial charge is 0.333 e. The summed E-state index contributed by atoms with van der Waals surface area (Å²) in [6, 6.07) is 2.85. The Kier molecular flexibility index (Phi) is 4.67. The molecular formula is C15H15ClF4N4. The highest BCUT2D eigenvalue weighted by molar-refractivity contribution is 6.29. The number of hydrogen-bond donors (Lipinski definition) is 1. The molecule has 0 saturated heterocycles. The van der Waals surface area contributed by atoms with Gasteiger partial charge in [0, 0.05) is 42.5 Å². The molecule has 2 heterocycles. The predicted molar refractivity (Wildman–Crippen MR) is 82.5 cm³/mol. The van der Waals surface area contributed by atoms with Crippen molar-refractivity contribution in [1.82, 2.24) is 14.8 Å². The third-order valence-electron chi connectivity index (χ3n) is 4.03. The van der Waals surface area contributed by atoms with Crippen molar-refractivity contribution in [3.05, 3.63) is 29.7 Å². The Hall–Kier alpha value is -1.83. The highest BCUT2D eigenvalue weighted by Gasteiger charge is 2.35. The SMILES string of the molecule is FC(F)n1ccc(-c2cnc(Cl)cc2NC2CCC(F)(F)CC2)n1. The van der Waals surface area contributed by atoms with Gasteiger partial charge in [0.15, 0.2) is 0 Å². The molecule has 0 bridgehead atoms. The maximum atomic E-state index is 13.3. The summed E-state index contributed by atoms with van der Waals surface area (Å²) >= 11 is 5.91. The molecule has 3 rings (SSSR count). The molecular weight excluding hydrogens is 348 g/mol. The first kappa shape index (κ1) is 17.0. The molecule has 0 aromatic carbocycles. The number of pyridine rings is 1. The van der Waals surface area contributed by atoms with E-state index in [1.165, 1.54) is 18.5 Å². The zero-order valence-corrected chi connectivity index (χ0v) is 13.3. The van der Waals surface area contributed by atoms with Crippen molar-refractivity contribution in [3.63, 3.8) is 0 Å². The molecule has 1 fully saturated rings. The molecule has 9 heteroatoms. The lowest BCUT2D eigenvalue weighted by molar-refractivity contribution is -0.0360. The van der Waals surface area contributed by atoms with Crippen molar-refractivity contribution in [3.8, 4) is 11.3 Å². The topological polar surface area (TPSA) is 42.7 Å². The fraction of sp³-hybridized carbons (Fsp3) is 0.467. The maximum absolute atomic E-state index is 13.3. The zero-order valence-electron chi connectivity index (χ0n) is 12.5. The van der Waals surface area contributed by atoms with E-state index in [0.717, 1.165) is 0 Å². The lowest BCUT2D eigenvalue weighted by Gasteiger charge is -2.30. The molecule has 130 valence electrons. The largest absolute Gasteiger partial charge is 0.382 e. The fourth-order valence-electron chi connectivity index (χ4n) is 2.75. The molecule has 0 radical (unpaired) electrons. The van der Waals surface area contributed by atoms with E-state index in [1.54, 1.807) is 6.07 Å². The molecule has 1 aliphatic carbocycles. The van der Waals surface area contributed by atoms with Gasteiger partial charge in [-0.15, -0.1) is 0 Å². The van der Waals surface area contributed by atoms with Gasteiger partial charge in [0.2, 0.25) is 5.92 Å². The second-order valence-corrected chi connectivity index (χ2v) is 6.17. The van der Waals surface area contributed by atoms with Gasteiger partial charge in [-0.25, -0.2) is 18.4 Å². The number of nitrogens with one attached hydrogen (secondary N) is 1. The van der Waals surface area contributed by atoms with Crippen LogP contribution in [-0.2, 0) is 0 Å². The normalized spacial score (nSPS) is 18.1. The van der Waals surface area contributed by atoms with Crippen LogP contribution in [0, 0.1) is 0 Å². The number of alkyl halides is 4. The van der Waals surface area contributed by atoms with E-state index in [0.29, 0.717) is 34.5 Å². The minimum absolute atomic E-state index is 0.140. The summed E-state index contributed by atoms with van der Waals surface area (Å²) in [5.41, 5.74) is 1.35. The summed E-state index contributed by atoms with van der Waals surface area (Å²) in [7, 11) is 0. The summed E-state index contributed by atoms with van der Waals surface area (Å²) in [4.78, 5) is 3.96. The molecule has 0 unspecified atom stereocenters. The van der Waals surface area contributed by atoms with E-state index in [2.05, 4.69) is 15.4 Å². The quantitative estimate of drug-likeness (QED) is 0.616. The highest BCUT2D eigenvalue weighted by Crippen LogP contribution is 2.36. The van der Waals surface area contributed by atoms with Crippen LogP contribution >= 0.6 is 11.6 Å². The Morgan fingerprint density at radius 1 is 1.29 bits per heavy atom. The van der Waals surface area contributed by atoms with E-state index in [9.17, 15) is 17.6 Å². The van der Waals surface area contributed by atoms with Crippen LogP contribution in [0.4, 0.5) is 23.2 Å². The summed E-state index contributed by atoms with van der Waals surface area (Å²) < 4.78 is 52.4. The zero-order chi connectivity index (χ0) is 17.3. The fourth-order valence-corrected chi connectivity index (χ4v) is 2.91. The van der Waals surface area contributed by atoms with E-state index in [-0.39, 0.29) is 24.0 Å². The average Bonchev–Trinajstić information content (AvgIpc) is 2.99. The van der Waals surface area contributed by atoms with Crippen LogP contribution in [0.3, 0.4) is 0 Å². The lowest BCUT2D eigenvalue weighted by Crippen LogP contribution is -2.32. The van der Waals surface area contributed by atoms with Gasteiger partial charge in [0.1, 0.15) is 5.15 Å². The monoisotopic (exact) mass is 362 g/mol. The minimum Gasteiger partial charge on any atom is -0.382 e. The number of rotatable bonds is 4. The number of halogens is 5. The van der Waals surface area contributed by atoms with Crippen LogP contribution in [0.1, 0.15) is 32.2 Å². The maximum Gasteiger partial charge on any atom is 0.333 e. The summed E-state index contributed by atoms with van der Waals surface area (Å²) in [6.07, 6.45) is 2.87. The van der Waals surface area contributed by atoms with Gasteiger partial charge in [-0.3, -0.25) is 0 Å². The van der Waals surface area contributed by atoms with Crippen LogP contribution < -0.4 is 5.32 Å². The van der Waals surface area contributed by atoms with Gasteiger partial charge in [-0.2, -0.15) is 13.9 Å². The summed E-state index contributed by atoms with van der Waals surface area (Å²) in [5, 5.41) is 7.20. The first-order valence-corrected chi connectivity index (χ1v) is 7.85. The molecule has 1 N–H and O–H groups in total. The van der Waals surface area contributed by atoms with Crippen molar-refractivity contribution >= 4 is 17.3 Å². The molecule has 2 aromatic rings. The molecule has 0 aliphatic heterocycles. The van der Waals surface area contributed by atoms with Crippen LogP contribution in [0.2, 0.25) is 5.15 Å². The van der Waals surface area contributed by atoms with Crippen molar-refractivity contribution in [2.45, 2.75) is 44.2 Å². The Labute approximate surface area is 140 Å². The second-order valence-electron chi connectivity index (χ2n) is 5.79. The molecule has 1 aliphatic rings. The van der Waals surface area contributed by atoms with Crippen LogP contribution in [0.5, 0.6) is 0 Å². The standard InChI is InChI=1S/C15H15ClF4N4/c16-13-7-12(22-9-1-4-15(19,20)5-2-9)10(8-21-13)11-3-6-24(23-11)14(17)18/h3,6-9,14H,1-2,4-5H2,(H,21,22).